The average Bonchev–Trinajstić information content (AvgIpc) is 3.14. The number of fused-ring (bicyclic) bond motifs is 1. The monoisotopic (exact) mass is 415 g/mol. The van der Waals surface area contributed by atoms with Crippen LogP contribution in [0.15, 0.2) is 48.9 Å². The fourth-order valence-corrected chi connectivity index (χ4v) is 3.43. The lowest BCUT2D eigenvalue weighted by atomic mass is 10.1. The first kappa shape index (κ1) is 18.5. The van der Waals surface area contributed by atoms with Crippen LogP contribution >= 0.6 is 23.2 Å². The van der Waals surface area contributed by atoms with Crippen LogP contribution in [0.25, 0.3) is 0 Å². The van der Waals surface area contributed by atoms with Crippen LogP contribution in [-0.4, -0.2) is 33.1 Å². The van der Waals surface area contributed by atoms with Crippen molar-refractivity contribution < 1.29 is 9.59 Å². The lowest BCUT2D eigenvalue weighted by molar-refractivity contribution is 0.0939. The molecule has 28 heavy (non-hydrogen) atoms. The number of aromatic nitrogens is 3. The molecule has 9 heteroatoms. The third kappa shape index (κ3) is 3.23. The van der Waals surface area contributed by atoms with Gasteiger partial charge in [0.15, 0.2) is 0 Å². The molecule has 142 valence electrons. The predicted octanol–water partition coefficient (Wildman–Crippen LogP) is 4.06. The summed E-state index contributed by atoms with van der Waals surface area (Å²) in [4.78, 5) is 31.5. The van der Waals surface area contributed by atoms with E-state index in [0.717, 1.165) is 0 Å². The van der Waals surface area contributed by atoms with Crippen molar-refractivity contribution in [1.29, 1.82) is 0 Å². The van der Waals surface area contributed by atoms with Gasteiger partial charge in [-0.3, -0.25) is 19.3 Å². The second-order valence-electron chi connectivity index (χ2n) is 6.41. The number of anilines is 2. The zero-order valence-electron chi connectivity index (χ0n) is 14.8. The van der Waals surface area contributed by atoms with Gasteiger partial charge in [0.1, 0.15) is 5.69 Å². The molecule has 2 aromatic heterocycles. The third-order valence-corrected chi connectivity index (χ3v) is 5.23. The number of carbonyl (C=O) groups excluding carboxylic acids is 2. The van der Waals surface area contributed by atoms with Crippen LogP contribution in [0.5, 0.6) is 0 Å². The number of carbonyl (C=O) groups is 2. The minimum Gasteiger partial charge on any atom is -0.320 e. The summed E-state index contributed by atoms with van der Waals surface area (Å²) in [6.07, 6.45) is 4.55. The van der Waals surface area contributed by atoms with Crippen molar-refractivity contribution in [2.75, 3.05) is 16.8 Å². The number of hydrogen-bond donors (Lipinski definition) is 1. The molecule has 1 aromatic carbocycles. The van der Waals surface area contributed by atoms with Gasteiger partial charge in [0.2, 0.25) is 0 Å². The maximum atomic E-state index is 13.2. The summed E-state index contributed by atoms with van der Waals surface area (Å²) in [5, 5.41) is 7.75. The Morgan fingerprint density at radius 2 is 2.04 bits per heavy atom. The summed E-state index contributed by atoms with van der Waals surface area (Å²) >= 11 is 12.1. The summed E-state index contributed by atoms with van der Waals surface area (Å²) in [6, 6.07) is 8.30. The van der Waals surface area contributed by atoms with Crippen LogP contribution in [0.4, 0.5) is 11.4 Å². The topological polar surface area (TPSA) is 80.1 Å². The number of amides is 2. The third-order valence-electron chi connectivity index (χ3n) is 4.49. The van der Waals surface area contributed by atoms with Crippen LogP contribution in [0.3, 0.4) is 0 Å². The van der Waals surface area contributed by atoms with E-state index in [2.05, 4.69) is 15.4 Å². The van der Waals surface area contributed by atoms with Crippen molar-refractivity contribution in [2.24, 2.45) is 0 Å². The first-order valence-electron chi connectivity index (χ1n) is 8.51. The van der Waals surface area contributed by atoms with Gasteiger partial charge in [-0.25, -0.2) is 0 Å². The van der Waals surface area contributed by atoms with Crippen LogP contribution in [0.1, 0.15) is 33.8 Å². The molecule has 7 nitrogen and oxygen atoms in total. The van der Waals surface area contributed by atoms with E-state index in [-0.39, 0.29) is 23.2 Å². The second-order valence-corrected chi connectivity index (χ2v) is 7.22. The molecule has 0 fully saturated rings. The molecule has 0 saturated heterocycles. The van der Waals surface area contributed by atoms with E-state index in [1.54, 1.807) is 46.1 Å². The highest BCUT2D eigenvalue weighted by atomic mass is 35.5. The molecule has 0 radical (unpaired) electrons. The van der Waals surface area contributed by atoms with Crippen molar-refractivity contribution in [2.45, 2.75) is 13.0 Å². The van der Waals surface area contributed by atoms with Crippen molar-refractivity contribution in [3.8, 4) is 0 Å². The van der Waals surface area contributed by atoms with E-state index in [9.17, 15) is 9.59 Å². The number of pyridine rings is 1. The summed E-state index contributed by atoms with van der Waals surface area (Å²) < 4.78 is 1.58. The second kappa shape index (κ2) is 7.26. The SMILES string of the molecule is C[C@H]1CN(c2ccc(Cl)c(Cl)c2)C(=O)c2c(C(=O)Nc3cccnc3)cnn21. The van der Waals surface area contributed by atoms with E-state index >= 15 is 0 Å². The number of nitrogens with one attached hydrogen (secondary N) is 1. The Hall–Kier alpha value is -2.90. The molecule has 3 aromatic rings. The highest BCUT2D eigenvalue weighted by molar-refractivity contribution is 6.42. The van der Waals surface area contributed by atoms with Crippen LogP contribution in [0.2, 0.25) is 10.0 Å². The molecule has 0 bridgehead atoms. The van der Waals surface area contributed by atoms with Gasteiger partial charge in [-0.2, -0.15) is 5.10 Å². The van der Waals surface area contributed by atoms with Gasteiger partial charge in [0, 0.05) is 18.4 Å². The smallest absolute Gasteiger partial charge is 0.277 e. The predicted molar refractivity (Wildman–Crippen MR) is 107 cm³/mol. The summed E-state index contributed by atoms with van der Waals surface area (Å²) in [7, 11) is 0. The number of halogens is 2. The van der Waals surface area contributed by atoms with Crippen molar-refractivity contribution in [3.63, 3.8) is 0 Å². The van der Waals surface area contributed by atoms with Gasteiger partial charge in [-0.05, 0) is 37.3 Å². The molecule has 0 spiro atoms. The number of benzene rings is 1. The standard InChI is InChI=1S/C19H15Cl2N5O2/c1-11-10-25(13-4-5-15(20)16(21)7-13)19(28)17-14(9-23-26(11)17)18(27)24-12-3-2-6-22-8-12/h2-9,11H,10H2,1H3,(H,24,27)/t11-/m0/s1. The summed E-state index contributed by atoms with van der Waals surface area (Å²) in [5.41, 5.74) is 1.57. The minimum atomic E-state index is -0.425. The van der Waals surface area contributed by atoms with Gasteiger partial charge in [-0.1, -0.05) is 23.2 Å². The molecular weight excluding hydrogens is 401 g/mol. The Balaban J connectivity index is 1.69. The highest BCUT2D eigenvalue weighted by Gasteiger charge is 2.35. The lowest BCUT2D eigenvalue weighted by Gasteiger charge is -2.32. The van der Waals surface area contributed by atoms with Gasteiger partial charge in [0.25, 0.3) is 11.8 Å². The van der Waals surface area contributed by atoms with Crippen molar-refractivity contribution in [3.05, 3.63) is 70.2 Å². The molecule has 2 amide bonds. The molecule has 0 saturated carbocycles. The minimum absolute atomic E-state index is 0.123. The number of rotatable bonds is 3. The van der Waals surface area contributed by atoms with Gasteiger partial charge in [0.05, 0.1) is 39.7 Å². The summed E-state index contributed by atoms with van der Waals surface area (Å²) in [5.74, 6) is -0.754. The zero-order chi connectivity index (χ0) is 19.8. The quantitative estimate of drug-likeness (QED) is 0.699. The fourth-order valence-electron chi connectivity index (χ4n) is 3.14. The molecule has 0 aliphatic carbocycles. The summed E-state index contributed by atoms with van der Waals surface area (Å²) in [6.45, 7) is 2.32. The maximum absolute atomic E-state index is 13.2. The first-order valence-corrected chi connectivity index (χ1v) is 9.27. The molecule has 4 rings (SSSR count). The fraction of sp³-hybridized carbons (Fsp3) is 0.158. The molecular formula is C19H15Cl2N5O2. The Labute approximate surface area is 170 Å². The molecule has 1 atom stereocenters. The number of hydrogen-bond acceptors (Lipinski definition) is 4. The Kier molecular flexibility index (Phi) is 4.78. The Morgan fingerprint density at radius 1 is 1.21 bits per heavy atom. The maximum Gasteiger partial charge on any atom is 0.277 e. The molecule has 1 aliphatic heterocycles. The largest absolute Gasteiger partial charge is 0.320 e. The van der Waals surface area contributed by atoms with E-state index in [1.165, 1.54) is 12.4 Å². The van der Waals surface area contributed by atoms with Crippen molar-refractivity contribution >= 4 is 46.4 Å². The first-order chi connectivity index (χ1) is 13.5. The van der Waals surface area contributed by atoms with Crippen molar-refractivity contribution in [1.82, 2.24) is 14.8 Å². The van der Waals surface area contributed by atoms with E-state index in [4.69, 9.17) is 23.2 Å². The number of nitrogens with zero attached hydrogens (tertiary/aromatic N) is 4. The molecule has 1 aliphatic rings. The molecule has 1 N–H and O–H groups in total. The lowest BCUT2D eigenvalue weighted by Crippen LogP contribution is -2.43. The highest BCUT2D eigenvalue weighted by Crippen LogP contribution is 2.32. The van der Waals surface area contributed by atoms with Gasteiger partial charge >= 0.3 is 0 Å². The molecule has 0 unspecified atom stereocenters. The van der Waals surface area contributed by atoms with Gasteiger partial charge in [-0.15, -0.1) is 0 Å². The van der Waals surface area contributed by atoms with Crippen LogP contribution in [-0.2, 0) is 0 Å². The average molecular weight is 416 g/mol. The van der Waals surface area contributed by atoms with E-state index < -0.39 is 5.91 Å². The zero-order valence-corrected chi connectivity index (χ0v) is 16.3. The van der Waals surface area contributed by atoms with Crippen LogP contribution < -0.4 is 10.2 Å². The normalized spacial score (nSPS) is 16.0. The van der Waals surface area contributed by atoms with Crippen LogP contribution in [0, 0.1) is 0 Å². The van der Waals surface area contributed by atoms with Gasteiger partial charge < -0.3 is 10.2 Å². The Bertz CT molecular complexity index is 1070. The van der Waals surface area contributed by atoms with E-state index in [1.807, 2.05) is 6.92 Å². The molecule has 3 heterocycles. The van der Waals surface area contributed by atoms with E-state index in [0.29, 0.717) is 28.0 Å². The Morgan fingerprint density at radius 3 is 2.75 bits per heavy atom.